The highest BCUT2D eigenvalue weighted by molar-refractivity contribution is 6.24. The topological polar surface area (TPSA) is 113 Å². The molecule has 0 aliphatic carbocycles. The Bertz CT molecular complexity index is 883. The van der Waals surface area contributed by atoms with Crippen LogP contribution in [-0.2, 0) is 16.1 Å². The maximum Gasteiger partial charge on any atom is 0.262 e. The van der Waals surface area contributed by atoms with Crippen LogP contribution in [0.2, 0.25) is 0 Å². The highest BCUT2D eigenvalue weighted by Crippen LogP contribution is 2.31. The lowest BCUT2D eigenvalue weighted by Crippen LogP contribution is -2.54. The van der Waals surface area contributed by atoms with Crippen molar-refractivity contribution in [1.82, 2.24) is 15.1 Å². The lowest BCUT2D eigenvalue weighted by atomic mass is 9.86. The first-order chi connectivity index (χ1) is 13.9. The molecule has 3 aliphatic heterocycles. The number of nitrogens with two attached hydrogens (primary N) is 1. The van der Waals surface area contributed by atoms with E-state index in [1.807, 2.05) is 6.07 Å². The summed E-state index contributed by atoms with van der Waals surface area (Å²) in [6.45, 7) is 5.24. The van der Waals surface area contributed by atoms with Gasteiger partial charge in [0.1, 0.15) is 6.04 Å². The number of fused-ring (bicyclic) bond motifs is 1. The number of carbonyl (C=O) groups is 4. The molecule has 0 aromatic heterocycles. The Hall–Kier alpha value is -2.58. The predicted octanol–water partition coefficient (Wildman–Crippen LogP) is 0.505. The number of nitrogens with zero attached hydrogens (tertiary/aromatic N) is 2. The molecule has 4 amide bonds. The molecule has 0 radical (unpaired) electrons. The van der Waals surface area contributed by atoms with E-state index in [-0.39, 0.29) is 18.7 Å². The molecule has 3 atom stereocenters. The SMILES string of the molecule is CC1CN(Cc2cccc3c2C(=O)N(C2CCC(=O)NC2=O)C3=O)CCC1CN. The molecule has 0 saturated carbocycles. The van der Waals surface area contributed by atoms with Crippen LogP contribution >= 0.6 is 0 Å². The lowest BCUT2D eigenvalue weighted by Gasteiger charge is -2.36. The van der Waals surface area contributed by atoms with Crippen molar-refractivity contribution in [3.63, 3.8) is 0 Å². The fourth-order valence-electron chi connectivity index (χ4n) is 4.73. The Morgan fingerprint density at radius 1 is 1.14 bits per heavy atom. The van der Waals surface area contributed by atoms with Crippen molar-refractivity contribution in [3.8, 4) is 0 Å². The standard InChI is InChI=1S/C21H26N4O4/c1-12-10-24(8-7-13(12)9-22)11-14-3-2-4-15-18(14)21(29)25(20(15)28)16-5-6-17(26)23-19(16)27/h2-4,12-13,16H,5-11,22H2,1H3,(H,23,26,27). The van der Waals surface area contributed by atoms with Gasteiger partial charge in [0.2, 0.25) is 11.8 Å². The van der Waals surface area contributed by atoms with Crippen LogP contribution in [0.5, 0.6) is 0 Å². The third kappa shape index (κ3) is 3.47. The van der Waals surface area contributed by atoms with Gasteiger partial charge in [-0.25, -0.2) is 0 Å². The molecule has 0 spiro atoms. The van der Waals surface area contributed by atoms with Gasteiger partial charge >= 0.3 is 0 Å². The van der Waals surface area contributed by atoms with E-state index in [4.69, 9.17) is 5.73 Å². The Labute approximate surface area is 169 Å². The van der Waals surface area contributed by atoms with Gasteiger partial charge in [-0.1, -0.05) is 19.1 Å². The molecule has 4 rings (SSSR count). The van der Waals surface area contributed by atoms with E-state index in [0.717, 1.165) is 30.0 Å². The number of hydrogen-bond donors (Lipinski definition) is 2. The third-order valence-corrected chi connectivity index (χ3v) is 6.42. The van der Waals surface area contributed by atoms with E-state index in [2.05, 4.69) is 17.1 Å². The Morgan fingerprint density at radius 2 is 1.93 bits per heavy atom. The number of likely N-dealkylation sites (tertiary alicyclic amines) is 1. The number of rotatable bonds is 4. The van der Waals surface area contributed by atoms with Gasteiger partial charge in [0.15, 0.2) is 0 Å². The molecule has 1 aromatic rings. The van der Waals surface area contributed by atoms with Crippen molar-refractivity contribution in [2.75, 3.05) is 19.6 Å². The van der Waals surface area contributed by atoms with Crippen LogP contribution < -0.4 is 11.1 Å². The van der Waals surface area contributed by atoms with Crippen molar-refractivity contribution in [2.24, 2.45) is 17.6 Å². The van der Waals surface area contributed by atoms with E-state index in [0.29, 0.717) is 36.1 Å². The predicted molar refractivity (Wildman–Crippen MR) is 105 cm³/mol. The summed E-state index contributed by atoms with van der Waals surface area (Å²) in [5.41, 5.74) is 7.37. The summed E-state index contributed by atoms with van der Waals surface area (Å²) in [6.07, 6.45) is 1.29. The first-order valence-corrected chi connectivity index (χ1v) is 10.2. The second-order valence-corrected chi connectivity index (χ2v) is 8.28. The summed E-state index contributed by atoms with van der Waals surface area (Å²) >= 11 is 0. The van der Waals surface area contributed by atoms with Gasteiger partial charge in [0, 0.05) is 19.5 Å². The first kappa shape index (κ1) is 19.7. The summed E-state index contributed by atoms with van der Waals surface area (Å²) in [4.78, 5) is 53.1. The van der Waals surface area contributed by atoms with E-state index in [1.165, 1.54) is 0 Å². The van der Waals surface area contributed by atoms with Crippen molar-refractivity contribution < 1.29 is 19.2 Å². The Morgan fingerprint density at radius 3 is 2.62 bits per heavy atom. The number of hydrogen-bond acceptors (Lipinski definition) is 6. The molecule has 1 aromatic carbocycles. The Kier molecular flexibility index (Phi) is 5.23. The summed E-state index contributed by atoms with van der Waals surface area (Å²) in [5.74, 6) is -0.883. The minimum absolute atomic E-state index is 0.116. The minimum Gasteiger partial charge on any atom is -0.330 e. The number of carbonyl (C=O) groups excluding carboxylic acids is 4. The smallest absolute Gasteiger partial charge is 0.262 e. The van der Waals surface area contributed by atoms with Gasteiger partial charge in [0.25, 0.3) is 11.8 Å². The zero-order chi connectivity index (χ0) is 20.7. The normalized spacial score (nSPS) is 27.9. The summed E-state index contributed by atoms with van der Waals surface area (Å²) in [6, 6.07) is 4.35. The van der Waals surface area contributed by atoms with Gasteiger partial charge in [0.05, 0.1) is 11.1 Å². The quantitative estimate of drug-likeness (QED) is 0.715. The third-order valence-electron chi connectivity index (χ3n) is 6.42. The number of imide groups is 2. The van der Waals surface area contributed by atoms with Crippen molar-refractivity contribution in [1.29, 1.82) is 0 Å². The summed E-state index contributed by atoms with van der Waals surface area (Å²) in [7, 11) is 0. The number of benzene rings is 1. The monoisotopic (exact) mass is 398 g/mol. The minimum atomic E-state index is -0.937. The van der Waals surface area contributed by atoms with Crippen molar-refractivity contribution in [2.45, 2.75) is 38.8 Å². The average Bonchev–Trinajstić information content (AvgIpc) is 2.94. The summed E-state index contributed by atoms with van der Waals surface area (Å²) in [5, 5.41) is 2.23. The van der Waals surface area contributed by atoms with Gasteiger partial charge in [-0.2, -0.15) is 0 Å². The second kappa shape index (κ2) is 7.68. The highest BCUT2D eigenvalue weighted by Gasteiger charge is 2.45. The van der Waals surface area contributed by atoms with E-state index in [9.17, 15) is 19.2 Å². The van der Waals surface area contributed by atoms with Crippen LogP contribution in [0.3, 0.4) is 0 Å². The molecule has 8 nitrogen and oxygen atoms in total. The summed E-state index contributed by atoms with van der Waals surface area (Å²) < 4.78 is 0. The fourth-order valence-corrected chi connectivity index (χ4v) is 4.73. The molecule has 3 aliphatic rings. The molecule has 3 heterocycles. The van der Waals surface area contributed by atoms with E-state index < -0.39 is 23.8 Å². The van der Waals surface area contributed by atoms with Crippen LogP contribution in [0.4, 0.5) is 0 Å². The van der Waals surface area contributed by atoms with Crippen LogP contribution in [0.25, 0.3) is 0 Å². The van der Waals surface area contributed by atoms with E-state index >= 15 is 0 Å². The molecule has 2 fully saturated rings. The van der Waals surface area contributed by atoms with E-state index in [1.54, 1.807) is 12.1 Å². The molecule has 3 unspecified atom stereocenters. The second-order valence-electron chi connectivity index (χ2n) is 8.28. The molecule has 0 bridgehead atoms. The van der Waals surface area contributed by atoms with Gasteiger partial charge in [-0.3, -0.25) is 34.3 Å². The lowest BCUT2D eigenvalue weighted by molar-refractivity contribution is -0.136. The molecule has 29 heavy (non-hydrogen) atoms. The van der Waals surface area contributed by atoms with Crippen LogP contribution in [0.1, 0.15) is 52.5 Å². The molecular formula is C21H26N4O4. The first-order valence-electron chi connectivity index (χ1n) is 10.2. The van der Waals surface area contributed by atoms with Gasteiger partial charge in [-0.15, -0.1) is 0 Å². The number of nitrogens with one attached hydrogen (secondary N) is 1. The van der Waals surface area contributed by atoms with Crippen molar-refractivity contribution in [3.05, 3.63) is 34.9 Å². The maximum atomic E-state index is 13.2. The molecule has 3 N–H and O–H groups in total. The van der Waals surface area contributed by atoms with Crippen molar-refractivity contribution >= 4 is 23.6 Å². The van der Waals surface area contributed by atoms with Crippen LogP contribution in [0, 0.1) is 11.8 Å². The van der Waals surface area contributed by atoms with Gasteiger partial charge < -0.3 is 5.73 Å². The fraction of sp³-hybridized carbons (Fsp3) is 0.524. The van der Waals surface area contributed by atoms with Gasteiger partial charge in [-0.05, 0) is 49.4 Å². The van der Waals surface area contributed by atoms with Crippen LogP contribution in [-0.4, -0.2) is 59.1 Å². The number of amides is 4. The average molecular weight is 398 g/mol. The largest absolute Gasteiger partial charge is 0.330 e. The maximum absolute atomic E-state index is 13.2. The zero-order valence-electron chi connectivity index (χ0n) is 16.5. The zero-order valence-corrected chi connectivity index (χ0v) is 16.5. The number of piperidine rings is 2. The van der Waals surface area contributed by atoms with Crippen LogP contribution in [0.15, 0.2) is 18.2 Å². The molecule has 2 saturated heterocycles. The highest BCUT2D eigenvalue weighted by atomic mass is 16.2. The Balaban J connectivity index is 1.57. The molecule has 8 heteroatoms. The molecular weight excluding hydrogens is 372 g/mol. The molecule has 154 valence electrons.